The molecule has 26 heavy (non-hydrogen) atoms. The van der Waals surface area contributed by atoms with Crippen LogP contribution in [0.3, 0.4) is 0 Å². The van der Waals surface area contributed by atoms with Crippen LogP contribution >= 0.6 is 22.6 Å². The molecule has 2 aromatic carbocycles. The highest BCUT2D eigenvalue weighted by atomic mass is 127. The molecule has 0 aliphatic rings. The summed E-state index contributed by atoms with van der Waals surface area (Å²) in [4.78, 5) is 36.1. The molecule has 0 spiro atoms. The maximum absolute atomic E-state index is 12.7. The molecule has 2 aromatic rings. The Hall–Kier alpha value is -2.42. The summed E-state index contributed by atoms with van der Waals surface area (Å²) < 4.78 is 5.85. The number of nitrogens with one attached hydrogen (secondary N) is 2. The van der Waals surface area contributed by atoms with Gasteiger partial charge in [0.15, 0.2) is 0 Å². The molecule has 2 N–H and O–H groups in total. The summed E-state index contributed by atoms with van der Waals surface area (Å²) in [7, 11) is 1.28. The number of hydrogen-bond donors (Lipinski definition) is 2. The van der Waals surface area contributed by atoms with E-state index in [4.69, 9.17) is 4.74 Å². The van der Waals surface area contributed by atoms with Crippen molar-refractivity contribution in [2.24, 2.45) is 0 Å². The molecular weight excluding hydrogens is 447 g/mol. The third kappa shape index (κ3) is 5.55. The molecule has 2 amide bonds. The van der Waals surface area contributed by atoms with Gasteiger partial charge in [0.05, 0.1) is 18.4 Å². The van der Waals surface area contributed by atoms with Crippen LogP contribution in [-0.2, 0) is 20.7 Å². The molecule has 7 heteroatoms. The average Bonchev–Trinajstić information content (AvgIpc) is 2.60. The Bertz CT molecular complexity index is 823. The van der Waals surface area contributed by atoms with E-state index < -0.39 is 17.9 Å². The third-order valence-corrected chi connectivity index (χ3v) is 4.27. The van der Waals surface area contributed by atoms with Gasteiger partial charge in [0, 0.05) is 16.9 Å². The molecule has 136 valence electrons. The standard InChI is InChI=1S/C19H19IN2O4/c1-12(23)21-16-9-4-3-8-15(16)18(24)22-17(19(25)26-2)11-13-6-5-7-14(20)10-13/h3-10,17H,11H2,1-2H3,(H,21,23)(H,22,24)/t17-/m0/s1. The van der Waals surface area contributed by atoms with Gasteiger partial charge in [0.1, 0.15) is 6.04 Å². The lowest BCUT2D eigenvalue weighted by atomic mass is 10.0. The van der Waals surface area contributed by atoms with Gasteiger partial charge in [-0.2, -0.15) is 0 Å². The maximum Gasteiger partial charge on any atom is 0.328 e. The third-order valence-electron chi connectivity index (χ3n) is 3.60. The van der Waals surface area contributed by atoms with E-state index in [1.54, 1.807) is 24.3 Å². The maximum atomic E-state index is 12.7. The van der Waals surface area contributed by atoms with E-state index in [1.807, 2.05) is 24.3 Å². The molecule has 0 aliphatic carbocycles. The van der Waals surface area contributed by atoms with Crippen LogP contribution < -0.4 is 10.6 Å². The summed E-state index contributed by atoms with van der Waals surface area (Å²) in [5.41, 5.74) is 1.57. The second kappa shape index (κ2) is 9.33. The number of amides is 2. The topological polar surface area (TPSA) is 84.5 Å². The largest absolute Gasteiger partial charge is 0.467 e. The Morgan fingerprint density at radius 1 is 1.12 bits per heavy atom. The van der Waals surface area contributed by atoms with Crippen molar-refractivity contribution in [3.05, 3.63) is 63.2 Å². The zero-order valence-electron chi connectivity index (χ0n) is 14.4. The first-order chi connectivity index (χ1) is 12.4. The van der Waals surface area contributed by atoms with Crippen molar-refractivity contribution < 1.29 is 19.1 Å². The number of ether oxygens (including phenoxy) is 1. The first-order valence-corrected chi connectivity index (χ1v) is 8.98. The number of benzene rings is 2. The molecule has 6 nitrogen and oxygen atoms in total. The minimum Gasteiger partial charge on any atom is -0.467 e. The molecule has 0 heterocycles. The van der Waals surface area contributed by atoms with Crippen molar-refractivity contribution in [1.82, 2.24) is 5.32 Å². The Balaban J connectivity index is 2.22. The van der Waals surface area contributed by atoms with Crippen molar-refractivity contribution >= 4 is 46.1 Å². The monoisotopic (exact) mass is 466 g/mol. The summed E-state index contributed by atoms with van der Waals surface area (Å²) in [6.07, 6.45) is 0.303. The summed E-state index contributed by atoms with van der Waals surface area (Å²) >= 11 is 2.19. The van der Waals surface area contributed by atoms with Crippen LogP contribution in [0, 0.1) is 3.57 Å². The lowest BCUT2D eigenvalue weighted by Gasteiger charge is -2.18. The SMILES string of the molecule is COC(=O)[C@H](Cc1cccc(I)c1)NC(=O)c1ccccc1NC(C)=O. The highest BCUT2D eigenvalue weighted by Crippen LogP contribution is 2.16. The Morgan fingerprint density at radius 2 is 1.85 bits per heavy atom. The van der Waals surface area contributed by atoms with Crippen LogP contribution in [0.5, 0.6) is 0 Å². The molecule has 1 atom stereocenters. The first-order valence-electron chi connectivity index (χ1n) is 7.90. The number of carbonyl (C=O) groups is 3. The zero-order chi connectivity index (χ0) is 19.1. The molecule has 0 aromatic heterocycles. The molecule has 2 rings (SSSR count). The minimum absolute atomic E-state index is 0.277. The Labute approximate surface area is 165 Å². The second-order valence-electron chi connectivity index (χ2n) is 5.61. The van der Waals surface area contributed by atoms with Gasteiger partial charge in [-0.1, -0.05) is 24.3 Å². The quantitative estimate of drug-likeness (QED) is 0.507. The van der Waals surface area contributed by atoms with Crippen molar-refractivity contribution in [2.75, 3.05) is 12.4 Å². The van der Waals surface area contributed by atoms with E-state index in [2.05, 4.69) is 33.2 Å². The fourth-order valence-electron chi connectivity index (χ4n) is 2.45. The van der Waals surface area contributed by atoms with Crippen molar-refractivity contribution in [2.45, 2.75) is 19.4 Å². The number of esters is 1. The van der Waals surface area contributed by atoms with E-state index in [9.17, 15) is 14.4 Å². The van der Waals surface area contributed by atoms with Crippen LogP contribution in [0.15, 0.2) is 48.5 Å². The number of anilines is 1. The van der Waals surface area contributed by atoms with E-state index >= 15 is 0 Å². The summed E-state index contributed by atoms with van der Waals surface area (Å²) in [6.45, 7) is 1.36. The first kappa shape index (κ1) is 19.9. The lowest BCUT2D eigenvalue weighted by molar-refractivity contribution is -0.142. The molecular formula is C19H19IN2O4. The van der Waals surface area contributed by atoms with E-state index in [0.29, 0.717) is 12.1 Å². The normalized spacial score (nSPS) is 11.3. The van der Waals surface area contributed by atoms with Crippen LogP contribution in [0.4, 0.5) is 5.69 Å². The summed E-state index contributed by atoms with van der Waals surface area (Å²) in [5.74, 6) is -1.28. The van der Waals surface area contributed by atoms with Crippen molar-refractivity contribution in [1.29, 1.82) is 0 Å². The van der Waals surface area contributed by atoms with Gasteiger partial charge in [0.2, 0.25) is 5.91 Å². The number of methoxy groups -OCH3 is 1. The van der Waals surface area contributed by atoms with E-state index in [1.165, 1.54) is 14.0 Å². The minimum atomic E-state index is -0.837. The smallest absolute Gasteiger partial charge is 0.328 e. The van der Waals surface area contributed by atoms with Crippen LogP contribution in [0.1, 0.15) is 22.8 Å². The van der Waals surface area contributed by atoms with Gasteiger partial charge < -0.3 is 15.4 Å². The fourth-order valence-corrected chi connectivity index (χ4v) is 3.06. The molecule has 0 aliphatic heterocycles. The predicted molar refractivity (Wildman–Crippen MR) is 107 cm³/mol. The predicted octanol–water partition coefficient (Wildman–Crippen LogP) is 2.76. The molecule has 0 bridgehead atoms. The van der Waals surface area contributed by atoms with Gasteiger partial charge >= 0.3 is 5.97 Å². The molecule has 0 saturated heterocycles. The van der Waals surface area contributed by atoms with E-state index in [0.717, 1.165) is 9.13 Å². The van der Waals surface area contributed by atoms with E-state index in [-0.39, 0.29) is 11.5 Å². The molecule has 0 fully saturated rings. The van der Waals surface area contributed by atoms with Crippen molar-refractivity contribution in [3.63, 3.8) is 0 Å². The van der Waals surface area contributed by atoms with Gasteiger partial charge in [-0.05, 0) is 52.4 Å². The van der Waals surface area contributed by atoms with Gasteiger partial charge in [-0.25, -0.2) is 4.79 Å². The fraction of sp³-hybridized carbons (Fsp3) is 0.211. The number of hydrogen-bond acceptors (Lipinski definition) is 4. The van der Waals surface area contributed by atoms with Gasteiger partial charge in [0.25, 0.3) is 5.91 Å². The highest BCUT2D eigenvalue weighted by Gasteiger charge is 2.24. The molecule has 0 saturated carbocycles. The summed E-state index contributed by atoms with van der Waals surface area (Å²) in [5, 5.41) is 5.31. The van der Waals surface area contributed by atoms with Crippen molar-refractivity contribution in [3.8, 4) is 0 Å². The number of halogens is 1. The number of para-hydroxylation sites is 1. The molecule has 0 unspecified atom stereocenters. The lowest BCUT2D eigenvalue weighted by Crippen LogP contribution is -2.43. The van der Waals surface area contributed by atoms with Crippen LogP contribution in [0.2, 0.25) is 0 Å². The summed E-state index contributed by atoms with van der Waals surface area (Å²) in [6, 6.07) is 13.4. The molecule has 0 radical (unpaired) electrons. The zero-order valence-corrected chi connectivity index (χ0v) is 16.6. The van der Waals surface area contributed by atoms with Crippen LogP contribution in [-0.4, -0.2) is 30.9 Å². The highest BCUT2D eigenvalue weighted by molar-refractivity contribution is 14.1. The van der Waals surface area contributed by atoms with Gasteiger partial charge in [-0.15, -0.1) is 0 Å². The second-order valence-corrected chi connectivity index (χ2v) is 6.86. The number of carbonyl (C=O) groups excluding carboxylic acids is 3. The number of rotatable bonds is 6. The Morgan fingerprint density at radius 3 is 2.50 bits per heavy atom. The average molecular weight is 466 g/mol. The Kier molecular flexibility index (Phi) is 7.14. The van der Waals surface area contributed by atoms with Crippen LogP contribution in [0.25, 0.3) is 0 Å². The van der Waals surface area contributed by atoms with Gasteiger partial charge in [-0.3, -0.25) is 9.59 Å².